The minimum Gasteiger partial charge on any atom is -0.282 e. The maximum absolute atomic E-state index is 12.9. The number of rotatable bonds is 4. The molecule has 2 rings (SSSR count). The number of pyridine rings is 1. The Kier molecular flexibility index (Phi) is 3.80. The summed E-state index contributed by atoms with van der Waals surface area (Å²) < 4.78 is 39.0. The number of anilines is 1. The molecule has 100 valence electrons. The van der Waals surface area contributed by atoms with Crippen LogP contribution in [-0.4, -0.2) is 13.4 Å². The Bertz CT molecular complexity index is 669. The highest BCUT2D eigenvalue weighted by Gasteiger charge is 2.12. The number of aromatic nitrogens is 1. The quantitative estimate of drug-likeness (QED) is 0.936. The van der Waals surface area contributed by atoms with E-state index >= 15 is 0 Å². The topological polar surface area (TPSA) is 59.1 Å². The van der Waals surface area contributed by atoms with Gasteiger partial charge >= 0.3 is 0 Å². The van der Waals surface area contributed by atoms with Gasteiger partial charge in [0, 0.05) is 6.07 Å². The molecular weight excluding hydrogens is 267 g/mol. The normalized spacial score (nSPS) is 11.3. The number of nitrogens with zero attached hydrogens (tertiary/aromatic N) is 1. The first kappa shape index (κ1) is 13.5. The summed E-state index contributed by atoms with van der Waals surface area (Å²) in [5.74, 6) is -0.750. The summed E-state index contributed by atoms with van der Waals surface area (Å²) in [7, 11) is -3.57. The van der Waals surface area contributed by atoms with Gasteiger partial charge in [-0.05, 0) is 12.5 Å². The van der Waals surface area contributed by atoms with Crippen LogP contribution in [-0.2, 0) is 15.8 Å². The van der Waals surface area contributed by atoms with Crippen LogP contribution in [0.5, 0.6) is 0 Å². The fourth-order valence-corrected chi connectivity index (χ4v) is 2.76. The average Bonchev–Trinajstić information content (AvgIpc) is 2.31. The monoisotopic (exact) mass is 280 g/mol. The third kappa shape index (κ3) is 4.03. The van der Waals surface area contributed by atoms with Crippen molar-refractivity contribution in [1.82, 2.24) is 4.98 Å². The molecule has 0 unspecified atom stereocenters. The molecule has 1 heterocycles. The van der Waals surface area contributed by atoms with Gasteiger partial charge < -0.3 is 0 Å². The first-order chi connectivity index (χ1) is 8.94. The summed E-state index contributed by atoms with van der Waals surface area (Å²) in [6.07, 6.45) is 2.27. The summed E-state index contributed by atoms with van der Waals surface area (Å²) in [5, 5.41) is 0. The molecule has 6 heteroatoms. The summed E-state index contributed by atoms with van der Waals surface area (Å²) in [5.41, 5.74) is 1.85. The Morgan fingerprint density at radius 2 is 1.89 bits per heavy atom. The molecule has 0 spiro atoms. The first-order valence-electron chi connectivity index (χ1n) is 5.61. The number of sulfonamides is 1. The zero-order chi connectivity index (χ0) is 13.9. The van der Waals surface area contributed by atoms with E-state index in [1.807, 2.05) is 19.1 Å². The highest BCUT2D eigenvalue weighted by atomic mass is 32.2. The lowest BCUT2D eigenvalue weighted by atomic mass is 10.2. The van der Waals surface area contributed by atoms with Crippen molar-refractivity contribution in [2.45, 2.75) is 12.7 Å². The Balaban J connectivity index is 2.13. The fraction of sp³-hybridized carbons (Fsp3) is 0.154. The van der Waals surface area contributed by atoms with Crippen molar-refractivity contribution in [3.05, 3.63) is 59.7 Å². The van der Waals surface area contributed by atoms with E-state index < -0.39 is 15.8 Å². The molecule has 0 aliphatic rings. The molecule has 4 nitrogen and oxygen atoms in total. The fourth-order valence-electron chi connectivity index (χ4n) is 1.59. The van der Waals surface area contributed by atoms with Crippen molar-refractivity contribution in [2.75, 3.05) is 4.72 Å². The molecule has 0 bridgehead atoms. The second-order valence-corrected chi connectivity index (χ2v) is 5.96. The Labute approximate surface area is 111 Å². The van der Waals surface area contributed by atoms with Crippen molar-refractivity contribution < 1.29 is 12.8 Å². The van der Waals surface area contributed by atoms with E-state index in [4.69, 9.17) is 0 Å². The van der Waals surface area contributed by atoms with Crippen molar-refractivity contribution in [1.29, 1.82) is 0 Å². The standard InChI is InChI=1S/C13H13FN2O2S/c1-10-2-4-11(5-3-10)9-19(17,18)16-13-6-12(14)7-15-8-13/h2-8,16H,9H2,1H3. The number of benzene rings is 1. The number of halogens is 1. The van der Waals surface area contributed by atoms with Gasteiger partial charge in [-0.3, -0.25) is 9.71 Å². The lowest BCUT2D eigenvalue weighted by Crippen LogP contribution is -2.15. The second kappa shape index (κ2) is 5.36. The molecule has 0 radical (unpaired) electrons. The van der Waals surface area contributed by atoms with Crippen molar-refractivity contribution in [3.63, 3.8) is 0 Å². The predicted molar refractivity (Wildman–Crippen MR) is 71.6 cm³/mol. The van der Waals surface area contributed by atoms with Crippen LogP contribution in [0, 0.1) is 12.7 Å². The summed E-state index contributed by atoms with van der Waals surface area (Å²) in [6, 6.07) is 8.26. The molecule has 0 saturated heterocycles. The SMILES string of the molecule is Cc1ccc(CS(=O)(=O)Nc2cncc(F)c2)cc1. The Hall–Kier alpha value is -1.95. The molecular formula is C13H13FN2O2S. The van der Waals surface area contributed by atoms with E-state index in [1.165, 1.54) is 6.20 Å². The van der Waals surface area contributed by atoms with Crippen LogP contribution in [0.25, 0.3) is 0 Å². The van der Waals surface area contributed by atoms with E-state index in [2.05, 4.69) is 9.71 Å². The molecule has 0 atom stereocenters. The van der Waals surface area contributed by atoms with E-state index in [0.29, 0.717) is 5.56 Å². The number of aryl methyl sites for hydroxylation is 1. The lowest BCUT2D eigenvalue weighted by Gasteiger charge is -2.08. The minimum absolute atomic E-state index is 0.118. The van der Waals surface area contributed by atoms with Crippen molar-refractivity contribution in [3.8, 4) is 0 Å². The van der Waals surface area contributed by atoms with E-state index in [9.17, 15) is 12.8 Å². The Morgan fingerprint density at radius 1 is 1.21 bits per heavy atom. The van der Waals surface area contributed by atoms with Gasteiger partial charge in [0.05, 0.1) is 23.8 Å². The minimum atomic E-state index is -3.57. The number of hydrogen-bond acceptors (Lipinski definition) is 3. The molecule has 2 aromatic rings. The van der Waals surface area contributed by atoms with Gasteiger partial charge in [0.1, 0.15) is 5.82 Å². The van der Waals surface area contributed by atoms with Gasteiger partial charge in [-0.25, -0.2) is 12.8 Å². The first-order valence-corrected chi connectivity index (χ1v) is 7.26. The van der Waals surface area contributed by atoms with Gasteiger partial charge in [0.25, 0.3) is 0 Å². The smallest absolute Gasteiger partial charge is 0.236 e. The van der Waals surface area contributed by atoms with Crippen LogP contribution in [0.1, 0.15) is 11.1 Å². The number of hydrogen-bond donors (Lipinski definition) is 1. The highest BCUT2D eigenvalue weighted by Crippen LogP contribution is 2.13. The number of nitrogens with one attached hydrogen (secondary N) is 1. The maximum Gasteiger partial charge on any atom is 0.236 e. The van der Waals surface area contributed by atoms with Crippen LogP contribution in [0.4, 0.5) is 10.1 Å². The van der Waals surface area contributed by atoms with Crippen molar-refractivity contribution >= 4 is 15.7 Å². The summed E-state index contributed by atoms with van der Waals surface area (Å²) in [6.45, 7) is 1.93. The van der Waals surface area contributed by atoms with E-state index in [0.717, 1.165) is 17.8 Å². The highest BCUT2D eigenvalue weighted by molar-refractivity contribution is 7.91. The predicted octanol–water partition coefficient (Wildman–Crippen LogP) is 2.47. The zero-order valence-electron chi connectivity index (χ0n) is 10.3. The van der Waals surface area contributed by atoms with Gasteiger partial charge in [0.2, 0.25) is 10.0 Å². The molecule has 0 aliphatic carbocycles. The van der Waals surface area contributed by atoms with Crippen LogP contribution in [0.15, 0.2) is 42.7 Å². The molecule has 0 amide bonds. The molecule has 19 heavy (non-hydrogen) atoms. The molecule has 1 N–H and O–H groups in total. The third-order valence-electron chi connectivity index (χ3n) is 2.46. The van der Waals surface area contributed by atoms with Crippen LogP contribution < -0.4 is 4.72 Å². The average molecular weight is 280 g/mol. The largest absolute Gasteiger partial charge is 0.282 e. The lowest BCUT2D eigenvalue weighted by molar-refractivity contribution is 0.600. The third-order valence-corrected chi connectivity index (χ3v) is 3.72. The van der Waals surface area contributed by atoms with Crippen LogP contribution in [0.3, 0.4) is 0 Å². The molecule has 0 aliphatic heterocycles. The summed E-state index contributed by atoms with van der Waals surface area (Å²) in [4.78, 5) is 3.59. The molecule has 1 aromatic heterocycles. The molecule has 0 fully saturated rings. The second-order valence-electron chi connectivity index (χ2n) is 4.24. The van der Waals surface area contributed by atoms with Crippen LogP contribution >= 0.6 is 0 Å². The maximum atomic E-state index is 12.9. The molecule has 0 saturated carbocycles. The van der Waals surface area contributed by atoms with Gasteiger partial charge in [-0.1, -0.05) is 29.8 Å². The van der Waals surface area contributed by atoms with Crippen molar-refractivity contribution in [2.24, 2.45) is 0 Å². The van der Waals surface area contributed by atoms with Gasteiger partial charge in [-0.2, -0.15) is 0 Å². The molecule has 1 aromatic carbocycles. The summed E-state index contributed by atoms with van der Waals surface area (Å²) >= 11 is 0. The van der Waals surface area contributed by atoms with Gasteiger partial charge in [0.15, 0.2) is 0 Å². The van der Waals surface area contributed by atoms with Crippen LogP contribution in [0.2, 0.25) is 0 Å². The van der Waals surface area contributed by atoms with E-state index in [-0.39, 0.29) is 11.4 Å². The van der Waals surface area contributed by atoms with E-state index in [1.54, 1.807) is 12.1 Å². The zero-order valence-corrected chi connectivity index (χ0v) is 11.1. The van der Waals surface area contributed by atoms with Gasteiger partial charge in [-0.15, -0.1) is 0 Å². The Morgan fingerprint density at radius 3 is 2.53 bits per heavy atom.